The van der Waals surface area contributed by atoms with E-state index in [9.17, 15) is 19.5 Å². The molecule has 0 bridgehead atoms. The van der Waals surface area contributed by atoms with Crippen molar-refractivity contribution in [2.45, 2.75) is 12.1 Å². The molecule has 2 aromatic rings. The number of terminal acetylenes is 1. The monoisotopic (exact) mass is 400 g/mol. The number of amides is 2. The number of fused-ring (bicyclic) bond motifs is 1. The van der Waals surface area contributed by atoms with Crippen molar-refractivity contribution >= 4 is 29.9 Å². The third-order valence-corrected chi connectivity index (χ3v) is 5.65. The highest BCUT2D eigenvalue weighted by Crippen LogP contribution is 2.43. The zero-order valence-electron chi connectivity index (χ0n) is 16.1. The molecule has 2 aliphatic heterocycles. The molecule has 0 radical (unpaired) electrons. The lowest BCUT2D eigenvalue weighted by atomic mass is 9.86. The summed E-state index contributed by atoms with van der Waals surface area (Å²) in [7, 11) is 0. The predicted octanol–water partition coefficient (Wildman–Crippen LogP) is 2.19. The van der Waals surface area contributed by atoms with Crippen LogP contribution in [-0.4, -0.2) is 40.4 Å². The fraction of sp³-hybridized carbons (Fsp3) is 0.208. The third kappa shape index (κ3) is 3.40. The minimum absolute atomic E-state index is 0.146. The average molecular weight is 400 g/mol. The number of carboxylic acid groups (broad SMARTS) is 1. The topological polar surface area (TPSA) is 86.7 Å². The maximum absolute atomic E-state index is 12.8. The van der Waals surface area contributed by atoms with Crippen molar-refractivity contribution in [1.82, 2.24) is 10.2 Å². The van der Waals surface area contributed by atoms with Crippen LogP contribution >= 0.6 is 0 Å². The molecule has 2 saturated heterocycles. The van der Waals surface area contributed by atoms with Gasteiger partial charge in [-0.15, -0.1) is 6.42 Å². The summed E-state index contributed by atoms with van der Waals surface area (Å²) in [6.45, 7) is -0.146. The second-order valence-electron chi connectivity index (χ2n) is 7.39. The van der Waals surface area contributed by atoms with Crippen LogP contribution in [0.15, 0.2) is 54.6 Å². The van der Waals surface area contributed by atoms with E-state index in [0.717, 1.165) is 21.6 Å². The number of carboxylic acids is 1. The van der Waals surface area contributed by atoms with Crippen molar-refractivity contribution < 1.29 is 19.5 Å². The molecule has 4 atom stereocenters. The van der Waals surface area contributed by atoms with Gasteiger partial charge < -0.3 is 5.11 Å². The van der Waals surface area contributed by atoms with Crippen LogP contribution in [0, 0.1) is 24.2 Å². The third-order valence-electron chi connectivity index (χ3n) is 5.65. The van der Waals surface area contributed by atoms with E-state index in [4.69, 9.17) is 6.42 Å². The van der Waals surface area contributed by atoms with Crippen molar-refractivity contribution in [3.63, 3.8) is 0 Å². The summed E-state index contributed by atoms with van der Waals surface area (Å²) in [5.74, 6) is -1.52. The van der Waals surface area contributed by atoms with Gasteiger partial charge in [-0.1, -0.05) is 72.7 Å². The highest BCUT2D eigenvalue weighted by molar-refractivity contribution is 6.08. The first kappa shape index (κ1) is 19.6. The second kappa shape index (κ2) is 7.97. The van der Waals surface area contributed by atoms with Crippen molar-refractivity contribution in [1.29, 1.82) is 0 Å². The number of hydrogen-bond acceptors (Lipinski definition) is 4. The smallest absolute Gasteiger partial charge is 0.321 e. The second-order valence-corrected chi connectivity index (χ2v) is 7.39. The average Bonchev–Trinajstić information content (AvgIpc) is 3.27. The highest BCUT2D eigenvalue weighted by atomic mass is 16.4. The molecule has 0 spiro atoms. The minimum Gasteiger partial charge on any atom is -0.480 e. The number of rotatable bonds is 5. The van der Waals surface area contributed by atoms with Gasteiger partial charge in [0.25, 0.3) is 0 Å². The van der Waals surface area contributed by atoms with Gasteiger partial charge in [-0.05, 0) is 16.7 Å². The molecule has 6 nitrogen and oxygen atoms in total. The van der Waals surface area contributed by atoms with Gasteiger partial charge in [-0.2, -0.15) is 0 Å². The molecule has 2 aromatic carbocycles. The van der Waals surface area contributed by atoms with Gasteiger partial charge in [0.1, 0.15) is 6.04 Å². The lowest BCUT2D eigenvalue weighted by molar-refractivity contribution is -0.145. The van der Waals surface area contributed by atoms with E-state index in [1.807, 2.05) is 66.7 Å². The molecule has 4 unspecified atom stereocenters. The summed E-state index contributed by atoms with van der Waals surface area (Å²) in [6, 6.07) is 15.7. The molecule has 2 N–H and O–H groups in total. The molecule has 30 heavy (non-hydrogen) atoms. The van der Waals surface area contributed by atoms with E-state index in [1.165, 1.54) is 0 Å². The van der Waals surface area contributed by atoms with Gasteiger partial charge in [-0.25, -0.2) is 0 Å². The zero-order valence-corrected chi connectivity index (χ0v) is 16.1. The van der Waals surface area contributed by atoms with E-state index in [0.29, 0.717) is 0 Å². The molecule has 0 saturated carbocycles. The number of benzene rings is 2. The molecule has 2 amide bonds. The Morgan fingerprint density at radius 2 is 1.60 bits per heavy atom. The van der Waals surface area contributed by atoms with Gasteiger partial charge >= 0.3 is 5.97 Å². The number of likely N-dealkylation sites (tertiary alicyclic amines) is 1. The highest BCUT2D eigenvalue weighted by Gasteiger charge is 2.60. The Hall–Kier alpha value is -3.69. The Balaban J connectivity index is 1.59. The molecule has 4 rings (SSSR count). The largest absolute Gasteiger partial charge is 0.480 e. The predicted molar refractivity (Wildman–Crippen MR) is 112 cm³/mol. The summed E-state index contributed by atoms with van der Waals surface area (Å²) in [6.07, 6.45) is 9.25. The molecular formula is C24H20N2O4. The number of imide groups is 1. The van der Waals surface area contributed by atoms with Crippen LogP contribution < -0.4 is 5.32 Å². The van der Waals surface area contributed by atoms with E-state index in [2.05, 4.69) is 11.2 Å². The van der Waals surface area contributed by atoms with Gasteiger partial charge in [0.15, 0.2) is 0 Å². The maximum Gasteiger partial charge on any atom is 0.321 e. The van der Waals surface area contributed by atoms with E-state index >= 15 is 0 Å². The lowest BCUT2D eigenvalue weighted by Gasteiger charge is -2.20. The molecular weight excluding hydrogens is 380 g/mol. The van der Waals surface area contributed by atoms with E-state index < -0.39 is 41.7 Å². The molecule has 0 aromatic heterocycles. The SMILES string of the molecule is C#CCN1C(=O)C2C(C(=O)O)NC(c3ccc(/C=C/c4ccccc4)cc3)C2C1=O. The van der Waals surface area contributed by atoms with Crippen LogP contribution in [0.4, 0.5) is 0 Å². The summed E-state index contributed by atoms with van der Waals surface area (Å²) in [5, 5.41) is 12.5. The fourth-order valence-corrected chi connectivity index (χ4v) is 4.22. The van der Waals surface area contributed by atoms with Gasteiger partial charge in [-0.3, -0.25) is 24.6 Å². The molecule has 150 valence electrons. The fourth-order valence-electron chi connectivity index (χ4n) is 4.22. The van der Waals surface area contributed by atoms with Crippen LogP contribution in [-0.2, 0) is 14.4 Å². The Kier molecular flexibility index (Phi) is 5.21. The molecule has 2 heterocycles. The Labute approximate surface area is 174 Å². The maximum atomic E-state index is 12.8. The quantitative estimate of drug-likeness (QED) is 0.457. The summed E-state index contributed by atoms with van der Waals surface area (Å²) < 4.78 is 0. The van der Waals surface area contributed by atoms with E-state index in [-0.39, 0.29) is 6.54 Å². The number of hydrogen-bond donors (Lipinski definition) is 2. The minimum atomic E-state index is -1.15. The van der Waals surface area contributed by atoms with Gasteiger partial charge in [0.05, 0.1) is 18.4 Å². The van der Waals surface area contributed by atoms with Gasteiger partial charge in [0.2, 0.25) is 11.8 Å². The van der Waals surface area contributed by atoms with Crippen LogP contribution in [0.1, 0.15) is 22.7 Å². The summed E-state index contributed by atoms with van der Waals surface area (Å²) in [5.41, 5.74) is 2.80. The summed E-state index contributed by atoms with van der Waals surface area (Å²) in [4.78, 5) is 38.2. The normalized spacial score (nSPS) is 25.5. The molecule has 0 aliphatic carbocycles. The number of aliphatic carboxylic acids is 1. The first-order chi connectivity index (χ1) is 14.5. The Morgan fingerprint density at radius 3 is 2.20 bits per heavy atom. The molecule has 2 aliphatic rings. The number of nitrogens with one attached hydrogen (secondary N) is 1. The van der Waals surface area contributed by atoms with Crippen molar-refractivity contribution in [3.05, 3.63) is 71.3 Å². The van der Waals surface area contributed by atoms with E-state index in [1.54, 1.807) is 0 Å². The Morgan fingerprint density at radius 1 is 1.00 bits per heavy atom. The first-order valence-corrected chi connectivity index (χ1v) is 9.62. The van der Waals surface area contributed by atoms with Gasteiger partial charge in [0, 0.05) is 6.04 Å². The van der Waals surface area contributed by atoms with Crippen LogP contribution in [0.3, 0.4) is 0 Å². The zero-order chi connectivity index (χ0) is 21.3. The lowest BCUT2D eigenvalue weighted by Crippen LogP contribution is -2.43. The summed E-state index contributed by atoms with van der Waals surface area (Å²) >= 11 is 0. The van der Waals surface area contributed by atoms with Crippen LogP contribution in [0.2, 0.25) is 0 Å². The first-order valence-electron chi connectivity index (χ1n) is 9.62. The number of carbonyl (C=O) groups is 3. The van der Waals surface area contributed by atoms with Crippen molar-refractivity contribution in [3.8, 4) is 12.3 Å². The number of nitrogens with zero attached hydrogens (tertiary/aromatic N) is 1. The molecule has 6 heteroatoms. The molecule has 2 fully saturated rings. The number of carbonyl (C=O) groups excluding carboxylic acids is 2. The van der Waals surface area contributed by atoms with Crippen LogP contribution in [0.5, 0.6) is 0 Å². The van der Waals surface area contributed by atoms with Crippen LogP contribution in [0.25, 0.3) is 12.2 Å². The van der Waals surface area contributed by atoms with Crippen molar-refractivity contribution in [2.24, 2.45) is 11.8 Å². The van der Waals surface area contributed by atoms with Crippen molar-refractivity contribution in [2.75, 3.05) is 6.54 Å². The standard InChI is InChI=1S/C24H20N2O4/c1-2-14-26-22(27)18-19(23(26)28)21(24(29)30)25-20(18)17-12-10-16(11-13-17)9-8-15-6-4-3-5-7-15/h1,3-13,18-21,25H,14H2,(H,29,30)/b9-8+. The Bertz CT molecular complexity index is 1050.